The van der Waals surface area contributed by atoms with Gasteiger partial charge in [-0.1, -0.05) is 0 Å². The lowest BCUT2D eigenvalue weighted by Gasteiger charge is -1.97. The van der Waals surface area contributed by atoms with Gasteiger partial charge in [0.1, 0.15) is 11.6 Å². The molecule has 0 atom stereocenters. The average molecular weight is 329 g/mol. The lowest BCUT2D eigenvalue weighted by Crippen LogP contribution is -1.99. The minimum atomic E-state index is -0.892. The molecule has 0 aliphatic rings. The van der Waals surface area contributed by atoms with Crippen molar-refractivity contribution < 1.29 is 13.6 Å². The molecular formula is C16H9F2N3OS. The van der Waals surface area contributed by atoms with Crippen molar-refractivity contribution in [3.63, 3.8) is 0 Å². The van der Waals surface area contributed by atoms with Crippen LogP contribution in [0.3, 0.4) is 0 Å². The van der Waals surface area contributed by atoms with Gasteiger partial charge in [0.05, 0.1) is 11.3 Å². The number of allylic oxidation sites excluding steroid dienone is 1. The summed E-state index contributed by atoms with van der Waals surface area (Å²) in [5, 5.41) is 2.35. The molecule has 7 heteroatoms. The molecule has 0 unspecified atom stereocenters. The minimum absolute atomic E-state index is 0.190. The summed E-state index contributed by atoms with van der Waals surface area (Å²) in [4.78, 5) is 24.4. The molecular weight excluding hydrogens is 320 g/mol. The van der Waals surface area contributed by atoms with Crippen molar-refractivity contribution in [2.45, 2.75) is 0 Å². The number of benzene rings is 1. The average Bonchev–Trinajstić information content (AvgIpc) is 3.02. The zero-order valence-corrected chi connectivity index (χ0v) is 12.4. The summed E-state index contributed by atoms with van der Waals surface area (Å²) in [5.41, 5.74) is 0.345. The van der Waals surface area contributed by atoms with Gasteiger partial charge in [0.2, 0.25) is 0 Å². The molecule has 0 aliphatic carbocycles. The molecule has 0 amide bonds. The van der Waals surface area contributed by atoms with Crippen molar-refractivity contribution in [3.05, 3.63) is 71.0 Å². The van der Waals surface area contributed by atoms with Crippen molar-refractivity contribution in [1.29, 1.82) is 0 Å². The maximum Gasteiger partial charge on any atom is 0.188 e. The van der Waals surface area contributed by atoms with Crippen LogP contribution in [0.2, 0.25) is 0 Å². The Morgan fingerprint density at radius 2 is 1.96 bits per heavy atom. The van der Waals surface area contributed by atoms with E-state index in [2.05, 4.69) is 15.0 Å². The Hall–Kier alpha value is -2.80. The van der Waals surface area contributed by atoms with E-state index < -0.39 is 17.4 Å². The van der Waals surface area contributed by atoms with Gasteiger partial charge in [0, 0.05) is 23.8 Å². The maximum atomic E-state index is 13.5. The van der Waals surface area contributed by atoms with Crippen LogP contribution in [-0.2, 0) is 0 Å². The Kier molecular flexibility index (Phi) is 4.29. The first-order valence-electron chi connectivity index (χ1n) is 6.54. The Labute approximate surface area is 134 Å². The zero-order chi connectivity index (χ0) is 16.2. The van der Waals surface area contributed by atoms with Gasteiger partial charge in [-0.2, -0.15) is 0 Å². The molecule has 0 radical (unpaired) electrons. The predicted octanol–water partition coefficient (Wildman–Crippen LogP) is 3.77. The van der Waals surface area contributed by atoms with E-state index in [1.54, 1.807) is 23.8 Å². The Morgan fingerprint density at radius 3 is 2.70 bits per heavy atom. The molecule has 0 saturated heterocycles. The first-order chi connectivity index (χ1) is 11.1. The molecule has 1 aromatic carbocycles. The third-order valence-electron chi connectivity index (χ3n) is 2.88. The van der Waals surface area contributed by atoms with Crippen molar-refractivity contribution in [3.8, 4) is 10.8 Å². The summed E-state index contributed by atoms with van der Waals surface area (Å²) >= 11 is 1.33. The van der Waals surface area contributed by atoms with Crippen molar-refractivity contribution in [2.24, 2.45) is 0 Å². The molecule has 2 heterocycles. The van der Waals surface area contributed by atoms with Crippen LogP contribution in [-0.4, -0.2) is 20.7 Å². The van der Waals surface area contributed by atoms with Gasteiger partial charge in [0.25, 0.3) is 0 Å². The second kappa shape index (κ2) is 6.53. The van der Waals surface area contributed by atoms with E-state index in [4.69, 9.17) is 0 Å². The van der Waals surface area contributed by atoms with Crippen LogP contribution in [0.4, 0.5) is 8.78 Å². The number of carbonyl (C=O) groups is 1. The molecule has 0 aliphatic heterocycles. The van der Waals surface area contributed by atoms with Crippen molar-refractivity contribution in [1.82, 2.24) is 15.0 Å². The van der Waals surface area contributed by atoms with E-state index >= 15 is 0 Å². The highest BCUT2D eigenvalue weighted by Crippen LogP contribution is 2.20. The van der Waals surface area contributed by atoms with Gasteiger partial charge < -0.3 is 0 Å². The number of halogens is 2. The highest BCUT2D eigenvalue weighted by Gasteiger charge is 2.10. The van der Waals surface area contributed by atoms with Gasteiger partial charge in [-0.05, 0) is 30.4 Å². The van der Waals surface area contributed by atoms with Crippen LogP contribution in [0.15, 0.2) is 48.1 Å². The van der Waals surface area contributed by atoms with Gasteiger partial charge in [-0.15, -0.1) is 11.3 Å². The Morgan fingerprint density at radius 1 is 1.17 bits per heavy atom. The van der Waals surface area contributed by atoms with Crippen LogP contribution in [0.1, 0.15) is 16.1 Å². The number of rotatable bonds is 4. The van der Waals surface area contributed by atoms with Gasteiger partial charge in [0.15, 0.2) is 16.6 Å². The highest BCUT2D eigenvalue weighted by molar-refractivity contribution is 7.13. The summed E-state index contributed by atoms with van der Waals surface area (Å²) in [7, 11) is 0. The number of hydrogen-bond donors (Lipinski definition) is 0. The molecule has 0 spiro atoms. The summed E-state index contributed by atoms with van der Waals surface area (Å²) in [6.45, 7) is 0. The van der Waals surface area contributed by atoms with E-state index in [1.165, 1.54) is 23.5 Å². The summed E-state index contributed by atoms with van der Waals surface area (Å²) in [5.74, 6) is -1.69. The lowest BCUT2D eigenvalue weighted by atomic mass is 10.1. The number of carbonyl (C=O) groups excluding carboxylic acids is 1. The minimum Gasteiger partial charge on any atom is -0.289 e. The summed E-state index contributed by atoms with van der Waals surface area (Å²) < 4.78 is 26.4. The van der Waals surface area contributed by atoms with E-state index in [0.717, 1.165) is 12.1 Å². The summed E-state index contributed by atoms with van der Waals surface area (Å²) in [6, 6.07) is 4.53. The van der Waals surface area contributed by atoms with E-state index in [-0.39, 0.29) is 5.56 Å². The fourth-order valence-electron chi connectivity index (χ4n) is 1.82. The van der Waals surface area contributed by atoms with E-state index in [9.17, 15) is 13.6 Å². The number of hydrogen-bond acceptors (Lipinski definition) is 5. The molecule has 4 nitrogen and oxygen atoms in total. The molecule has 3 rings (SSSR count). The number of aromatic nitrogens is 3. The molecule has 0 N–H and O–H groups in total. The number of nitrogens with zero attached hydrogens (tertiary/aromatic N) is 3. The lowest BCUT2D eigenvalue weighted by molar-refractivity contribution is 0.104. The molecule has 0 bridgehead atoms. The molecule has 0 fully saturated rings. The first kappa shape index (κ1) is 15.1. The largest absolute Gasteiger partial charge is 0.289 e. The predicted molar refractivity (Wildman–Crippen MR) is 82.9 cm³/mol. The monoisotopic (exact) mass is 329 g/mol. The SMILES string of the molecule is O=C(/C=C\c1csc(-c2ncccn2)n1)c1ccc(F)cc1F. The standard InChI is InChI=1S/C16H9F2N3OS/c17-10-2-4-12(13(18)8-10)14(22)5-3-11-9-23-16(21-11)15-19-6-1-7-20-15/h1-9H/b5-3-. The van der Waals surface area contributed by atoms with Gasteiger partial charge in [-0.3, -0.25) is 4.79 Å². The van der Waals surface area contributed by atoms with Crippen LogP contribution in [0, 0.1) is 11.6 Å². The third kappa shape index (κ3) is 3.51. The number of thiazole rings is 1. The second-order valence-corrected chi connectivity index (χ2v) is 5.33. The fraction of sp³-hybridized carbons (Fsp3) is 0. The smallest absolute Gasteiger partial charge is 0.188 e. The molecule has 2 aromatic heterocycles. The second-order valence-electron chi connectivity index (χ2n) is 4.47. The molecule has 23 heavy (non-hydrogen) atoms. The quantitative estimate of drug-likeness (QED) is 0.540. The maximum absolute atomic E-state index is 13.5. The fourth-order valence-corrected chi connectivity index (χ4v) is 2.55. The topological polar surface area (TPSA) is 55.7 Å². The number of ketones is 1. The van der Waals surface area contributed by atoms with Crippen LogP contribution in [0.5, 0.6) is 0 Å². The molecule has 3 aromatic rings. The molecule has 0 saturated carbocycles. The third-order valence-corrected chi connectivity index (χ3v) is 3.74. The van der Waals surface area contributed by atoms with Gasteiger partial charge >= 0.3 is 0 Å². The Bertz CT molecular complexity index is 878. The van der Waals surface area contributed by atoms with Crippen LogP contribution in [0.25, 0.3) is 16.9 Å². The van der Waals surface area contributed by atoms with Gasteiger partial charge in [-0.25, -0.2) is 23.7 Å². The summed E-state index contributed by atoms with van der Waals surface area (Å²) in [6.07, 6.45) is 5.88. The van der Waals surface area contributed by atoms with Crippen LogP contribution >= 0.6 is 11.3 Å². The van der Waals surface area contributed by atoms with Crippen molar-refractivity contribution in [2.75, 3.05) is 0 Å². The van der Waals surface area contributed by atoms with Crippen molar-refractivity contribution >= 4 is 23.2 Å². The normalized spacial score (nSPS) is 11.0. The van der Waals surface area contributed by atoms with E-state index in [1.807, 2.05) is 0 Å². The first-order valence-corrected chi connectivity index (χ1v) is 7.42. The zero-order valence-electron chi connectivity index (χ0n) is 11.6. The van der Waals surface area contributed by atoms with Crippen LogP contribution < -0.4 is 0 Å². The molecule has 114 valence electrons. The van der Waals surface area contributed by atoms with E-state index in [0.29, 0.717) is 22.6 Å². The highest BCUT2D eigenvalue weighted by atomic mass is 32.1. The Balaban J connectivity index is 1.78.